The molecule has 1 aliphatic rings. The van der Waals surface area contributed by atoms with Crippen LogP contribution in [-0.4, -0.2) is 38.8 Å². The fourth-order valence-electron chi connectivity index (χ4n) is 4.16. The van der Waals surface area contributed by atoms with Gasteiger partial charge in [-0.2, -0.15) is 17.7 Å². The number of carbonyl (C=O) groups excluding carboxylic acids is 1. The van der Waals surface area contributed by atoms with Crippen LogP contribution < -0.4 is 15.0 Å². The van der Waals surface area contributed by atoms with E-state index in [9.17, 15) is 18.0 Å². The molecule has 1 N–H and O–H groups in total. The third-order valence-electron chi connectivity index (χ3n) is 6.04. The molecule has 0 spiro atoms. The lowest BCUT2D eigenvalue weighted by Crippen LogP contribution is -2.38. The number of aryl methyl sites for hydroxylation is 1. The minimum absolute atomic E-state index is 0.0237. The Morgan fingerprint density at radius 1 is 1.00 bits per heavy atom. The fraction of sp³-hybridized carbons (Fsp3) is 0.280. The van der Waals surface area contributed by atoms with Gasteiger partial charge in [-0.05, 0) is 73.9 Å². The third kappa shape index (κ3) is 5.09. The van der Waals surface area contributed by atoms with E-state index in [0.29, 0.717) is 47.7 Å². The summed E-state index contributed by atoms with van der Waals surface area (Å²) in [6, 6.07) is 18.0. The molecule has 0 radical (unpaired) electrons. The van der Waals surface area contributed by atoms with Crippen molar-refractivity contribution in [2.75, 3.05) is 23.3 Å². The highest BCUT2D eigenvalue weighted by molar-refractivity contribution is 5.92. The first kappa shape index (κ1) is 23.6. The second-order valence-corrected chi connectivity index (χ2v) is 8.68. The number of nitrogens with one attached hydrogen (secondary N) is 1. The summed E-state index contributed by atoms with van der Waals surface area (Å²) >= 11 is 0. The quantitative estimate of drug-likeness (QED) is 0.414. The summed E-state index contributed by atoms with van der Waals surface area (Å²) in [6.45, 7) is 2.97. The summed E-state index contributed by atoms with van der Waals surface area (Å²) in [5.74, 6) is 0.321. The number of alkyl halides is 3. The SMILES string of the molecule is Cc1cccc(Oc2ccc(NC(=O)C3CCN(c4ccc5nnc(C(F)(F)F)n5n4)CC3)cc2)c1. The van der Waals surface area contributed by atoms with E-state index in [-0.39, 0.29) is 17.5 Å². The third-order valence-corrected chi connectivity index (χ3v) is 6.04. The highest BCUT2D eigenvalue weighted by Gasteiger charge is 2.38. The maximum absolute atomic E-state index is 13.2. The van der Waals surface area contributed by atoms with Crippen LogP contribution in [0.4, 0.5) is 24.7 Å². The molecule has 1 fully saturated rings. The van der Waals surface area contributed by atoms with Gasteiger partial charge in [-0.15, -0.1) is 15.3 Å². The number of anilines is 2. The van der Waals surface area contributed by atoms with Crippen molar-refractivity contribution in [3.05, 3.63) is 72.1 Å². The molecule has 4 aromatic rings. The molecule has 1 saturated heterocycles. The Morgan fingerprint density at radius 2 is 1.75 bits per heavy atom. The van der Waals surface area contributed by atoms with Gasteiger partial charge in [0, 0.05) is 24.7 Å². The van der Waals surface area contributed by atoms with Crippen LogP contribution in [0.1, 0.15) is 24.2 Å². The molecular formula is C25H23F3N6O2. The Morgan fingerprint density at radius 3 is 2.44 bits per heavy atom. The normalized spacial score (nSPS) is 14.7. The van der Waals surface area contributed by atoms with Gasteiger partial charge in [0.25, 0.3) is 5.82 Å². The molecule has 2 aromatic heterocycles. The molecule has 5 rings (SSSR count). The Hall–Kier alpha value is -4.15. The summed E-state index contributed by atoms with van der Waals surface area (Å²) in [5.41, 5.74) is 1.79. The fourth-order valence-corrected chi connectivity index (χ4v) is 4.16. The standard InChI is InChI=1S/C25H23F3N6O2/c1-16-3-2-4-20(15-16)36-19-7-5-18(6-8-19)29-23(35)17-11-13-33(14-12-17)22-10-9-21-30-31-24(25(26,27)28)34(21)32-22/h2-10,15,17H,11-14H2,1H3,(H,29,35). The van der Waals surface area contributed by atoms with Crippen LogP contribution in [0.5, 0.6) is 11.5 Å². The van der Waals surface area contributed by atoms with E-state index in [1.807, 2.05) is 36.1 Å². The van der Waals surface area contributed by atoms with Gasteiger partial charge in [-0.1, -0.05) is 12.1 Å². The number of fused-ring (bicyclic) bond motifs is 1. The number of benzene rings is 2. The number of aromatic nitrogens is 4. The average Bonchev–Trinajstić information content (AvgIpc) is 3.29. The molecule has 0 aliphatic carbocycles. The van der Waals surface area contributed by atoms with E-state index in [2.05, 4.69) is 20.6 Å². The van der Waals surface area contributed by atoms with Crippen LogP contribution in [0, 0.1) is 12.8 Å². The number of carbonyl (C=O) groups is 1. The zero-order chi connectivity index (χ0) is 25.3. The van der Waals surface area contributed by atoms with Crippen molar-refractivity contribution in [1.29, 1.82) is 0 Å². The van der Waals surface area contributed by atoms with Gasteiger partial charge in [-0.25, -0.2) is 0 Å². The molecule has 8 nitrogen and oxygen atoms in total. The van der Waals surface area contributed by atoms with Gasteiger partial charge in [-0.3, -0.25) is 4.79 Å². The lowest BCUT2D eigenvalue weighted by atomic mass is 9.96. The lowest BCUT2D eigenvalue weighted by Gasteiger charge is -2.32. The minimum atomic E-state index is -4.65. The van der Waals surface area contributed by atoms with Crippen LogP contribution in [-0.2, 0) is 11.0 Å². The summed E-state index contributed by atoms with van der Waals surface area (Å²) < 4.78 is 46.0. The number of hydrogen-bond acceptors (Lipinski definition) is 6. The Balaban J connectivity index is 1.17. The van der Waals surface area contributed by atoms with E-state index in [1.54, 1.807) is 30.3 Å². The van der Waals surface area contributed by atoms with Crippen molar-refractivity contribution in [3.8, 4) is 11.5 Å². The number of ether oxygens (including phenoxy) is 1. The predicted octanol–water partition coefficient (Wildman–Crippen LogP) is 5.10. The summed E-state index contributed by atoms with van der Waals surface area (Å²) in [4.78, 5) is 14.7. The summed E-state index contributed by atoms with van der Waals surface area (Å²) in [5, 5.41) is 13.8. The van der Waals surface area contributed by atoms with Crippen molar-refractivity contribution in [2.24, 2.45) is 5.92 Å². The Kier molecular flexibility index (Phi) is 6.21. The van der Waals surface area contributed by atoms with Crippen molar-refractivity contribution in [2.45, 2.75) is 25.9 Å². The largest absolute Gasteiger partial charge is 0.457 e. The van der Waals surface area contributed by atoms with Crippen molar-refractivity contribution in [1.82, 2.24) is 19.8 Å². The average molecular weight is 496 g/mol. The molecule has 0 saturated carbocycles. The van der Waals surface area contributed by atoms with Gasteiger partial charge >= 0.3 is 6.18 Å². The van der Waals surface area contributed by atoms with Crippen LogP contribution in [0.15, 0.2) is 60.7 Å². The van der Waals surface area contributed by atoms with Crippen LogP contribution in [0.3, 0.4) is 0 Å². The van der Waals surface area contributed by atoms with Gasteiger partial charge < -0.3 is 15.0 Å². The molecule has 186 valence electrons. The number of rotatable bonds is 5. The number of hydrogen-bond donors (Lipinski definition) is 1. The maximum atomic E-state index is 13.2. The topological polar surface area (TPSA) is 84.6 Å². The molecule has 0 bridgehead atoms. The monoisotopic (exact) mass is 496 g/mol. The molecule has 11 heteroatoms. The molecule has 0 atom stereocenters. The second kappa shape index (κ2) is 9.48. The molecule has 1 aliphatic heterocycles. The van der Waals surface area contributed by atoms with Gasteiger partial charge in [0.1, 0.15) is 17.3 Å². The molecule has 36 heavy (non-hydrogen) atoms. The summed E-state index contributed by atoms with van der Waals surface area (Å²) in [7, 11) is 0. The van der Waals surface area contributed by atoms with Crippen molar-refractivity contribution >= 4 is 23.1 Å². The van der Waals surface area contributed by atoms with Gasteiger partial charge in [0.05, 0.1) is 0 Å². The zero-order valence-corrected chi connectivity index (χ0v) is 19.4. The predicted molar refractivity (Wildman–Crippen MR) is 127 cm³/mol. The second-order valence-electron chi connectivity index (χ2n) is 8.68. The summed E-state index contributed by atoms with van der Waals surface area (Å²) in [6.07, 6.45) is -3.55. The molecule has 3 heterocycles. The van der Waals surface area contributed by atoms with Crippen molar-refractivity contribution < 1.29 is 22.7 Å². The lowest BCUT2D eigenvalue weighted by molar-refractivity contribution is -0.146. The van der Waals surface area contributed by atoms with Crippen LogP contribution in [0.25, 0.3) is 5.65 Å². The van der Waals surface area contributed by atoms with Crippen LogP contribution in [0.2, 0.25) is 0 Å². The maximum Gasteiger partial charge on any atom is 0.453 e. The molecular weight excluding hydrogens is 473 g/mol. The number of piperidine rings is 1. The van der Waals surface area contributed by atoms with Crippen LogP contribution >= 0.6 is 0 Å². The first-order valence-corrected chi connectivity index (χ1v) is 11.5. The van der Waals surface area contributed by atoms with E-state index in [4.69, 9.17) is 4.74 Å². The smallest absolute Gasteiger partial charge is 0.453 e. The van der Waals surface area contributed by atoms with E-state index in [1.165, 1.54) is 6.07 Å². The highest BCUT2D eigenvalue weighted by atomic mass is 19.4. The van der Waals surface area contributed by atoms with Gasteiger partial charge in [0.15, 0.2) is 5.65 Å². The Bertz CT molecular complexity index is 1380. The number of amides is 1. The highest BCUT2D eigenvalue weighted by Crippen LogP contribution is 2.29. The molecule has 2 aromatic carbocycles. The number of nitrogens with zero attached hydrogens (tertiary/aromatic N) is 5. The first-order chi connectivity index (χ1) is 17.3. The van der Waals surface area contributed by atoms with E-state index >= 15 is 0 Å². The Labute approximate surface area is 204 Å². The van der Waals surface area contributed by atoms with Gasteiger partial charge in [0.2, 0.25) is 5.91 Å². The van der Waals surface area contributed by atoms with Crippen molar-refractivity contribution in [3.63, 3.8) is 0 Å². The minimum Gasteiger partial charge on any atom is -0.457 e. The zero-order valence-electron chi connectivity index (χ0n) is 19.4. The molecule has 0 unspecified atom stereocenters. The molecule has 1 amide bonds. The number of halogens is 3. The van der Waals surface area contributed by atoms with E-state index < -0.39 is 12.0 Å². The first-order valence-electron chi connectivity index (χ1n) is 11.5. The van der Waals surface area contributed by atoms with E-state index in [0.717, 1.165) is 11.3 Å².